The van der Waals surface area contributed by atoms with Gasteiger partial charge < -0.3 is 10.2 Å². The molecule has 0 radical (unpaired) electrons. The minimum absolute atomic E-state index is 0. The van der Waals surface area contributed by atoms with Crippen molar-refractivity contribution < 1.29 is 8.42 Å². The number of hydrogen-bond acceptors (Lipinski definition) is 4. The Labute approximate surface area is 122 Å². The Kier molecular flexibility index (Phi) is 4.78. The highest BCUT2D eigenvalue weighted by Crippen LogP contribution is 2.46. The molecule has 3 fully saturated rings. The number of nitrogens with zero attached hydrogens (tertiary/aromatic N) is 1. The zero-order valence-electron chi connectivity index (χ0n) is 11.3. The third-order valence-corrected chi connectivity index (χ3v) is 6.04. The molecule has 2 saturated heterocycles. The number of nitrogens with one attached hydrogen (secondary N) is 2. The quantitative estimate of drug-likeness (QED) is 0.744. The van der Waals surface area contributed by atoms with Crippen LogP contribution in [0, 0.1) is 17.8 Å². The number of hydrogen-bond donors (Lipinski definition) is 2. The molecular weight excluding hydrogens is 286 g/mol. The summed E-state index contributed by atoms with van der Waals surface area (Å²) in [6.07, 6.45) is 1.29. The first-order chi connectivity index (χ1) is 8.59. The number of rotatable bonds is 5. The second-order valence-electron chi connectivity index (χ2n) is 5.95. The van der Waals surface area contributed by atoms with E-state index in [1.165, 1.54) is 13.0 Å². The third kappa shape index (κ3) is 3.42. The summed E-state index contributed by atoms with van der Waals surface area (Å²) in [6, 6.07) is 0.230. The van der Waals surface area contributed by atoms with Crippen LogP contribution < -0.4 is 10.0 Å². The van der Waals surface area contributed by atoms with Gasteiger partial charge in [-0.3, -0.25) is 0 Å². The monoisotopic (exact) mass is 309 g/mol. The number of likely N-dealkylation sites (tertiary alicyclic amines) is 1. The summed E-state index contributed by atoms with van der Waals surface area (Å²) < 4.78 is 25.8. The molecule has 3 atom stereocenters. The van der Waals surface area contributed by atoms with Crippen molar-refractivity contribution in [2.75, 3.05) is 38.5 Å². The predicted octanol–water partition coefficient (Wildman–Crippen LogP) is -0.113. The van der Waals surface area contributed by atoms with Crippen LogP contribution in [0.1, 0.15) is 13.3 Å². The van der Waals surface area contributed by atoms with Crippen LogP contribution in [0.15, 0.2) is 0 Å². The van der Waals surface area contributed by atoms with Gasteiger partial charge in [0, 0.05) is 25.7 Å². The summed E-state index contributed by atoms with van der Waals surface area (Å²) in [5.74, 6) is 2.13. The van der Waals surface area contributed by atoms with E-state index in [4.69, 9.17) is 0 Å². The molecule has 0 bridgehead atoms. The SMILES string of the molecule is CCS(=O)(=O)NC1C2CN(C[C@@H]3CCNC3)CC21.Cl. The van der Waals surface area contributed by atoms with Crippen LogP contribution >= 0.6 is 12.4 Å². The molecule has 7 heteroatoms. The van der Waals surface area contributed by atoms with E-state index in [1.807, 2.05) is 0 Å². The van der Waals surface area contributed by atoms with Gasteiger partial charge in [0.2, 0.25) is 10.0 Å². The topological polar surface area (TPSA) is 61.4 Å². The maximum atomic E-state index is 11.5. The highest BCUT2D eigenvalue weighted by atomic mass is 35.5. The summed E-state index contributed by atoms with van der Waals surface area (Å²) >= 11 is 0. The molecule has 0 aromatic carbocycles. The molecule has 19 heavy (non-hydrogen) atoms. The Morgan fingerprint density at radius 3 is 2.53 bits per heavy atom. The fraction of sp³-hybridized carbons (Fsp3) is 1.00. The molecule has 0 spiro atoms. The molecular formula is C12H24ClN3O2S. The average Bonchev–Trinajstić information content (AvgIpc) is 2.82. The van der Waals surface area contributed by atoms with Crippen LogP contribution in [-0.2, 0) is 10.0 Å². The standard InChI is InChI=1S/C12H23N3O2S.ClH/c1-2-18(16,17)14-12-10-7-15(8-11(10)12)6-9-3-4-13-5-9;/h9-14H,2-8H2,1H3;1H/t9-,10?,11?,12?;/m1./s1. The van der Waals surface area contributed by atoms with Gasteiger partial charge in [-0.15, -0.1) is 12.4 Å². The van der Waals surface area contributed by atoms with Crippen LogP contribution in [0.2, 0.25) is 0 Å². The maximum absolute atomic E-state index is 11.5. The van der Waals surface area contributed by atoms with Crippen molar-refractivity contribution >= 4 is 22.4 Å². The fourth-order valence-electron chi connectivity index (χ4n) is 3.46. The van der Waals surface area contributed by atoms with Gasteiger partial charge >= 0.3 is 0 Å². The van der Waals surface area contributed by atoms with Crippen molar-refractivity contribution in [3.8, 4) is 0 Å². The fourth-order valence-corrected chi connectivity index (χ4v) is 4.39. The minimum Gasteiger partial charge on any atom is -0.316 e. The molecule has 0 amide bonds. The first-order valence-corrected chi connectivity index (χ1v) is 8.67. The van der Waals surface area contributed by atoms with E-state index >= 15 is 0 Å². The van der Waals surface area contributed by atoms with Crippen molar-refractivity contribution in [3.63, 3.8) is 0 Å². The highest BCUT2D eigenvalue weighted by molar-refractivity contribution is 7.89. The first kappa shape index (κ1) is 15.5. The molecule has 2 unspecified atom stereocenters. The van der Waals surface area contributed by atoms with E-state index in [9.17, 15) is 8.42 Å². The lowest BCUT2D eigenvalue weighted by molar-refractivity contribution is 0.255. The van der Waals surface area contributed by atoms with Gasteiger partial charge in [-0.05, 0) is 44.2 Å². The molecule has 5 nitrogen and oxygen atoms in total. The number of sulfonamides is 1. The molecule has 0 aromatic rings. The van der Waals surface area contributed by atoms with Crippen molar-refractivity contribution in [1.82, 2.24) is 14.9 Å². The second kappa shape index (κ2) is 5.85. The van der Waals surface area contributed by atoms with Gasteiger partial charge in [-0.2, -0.15) is 0 Å². The molecule has 112 valence electrons. The number of halogens is 1. The Morgan fingerprint density at radius 2 is 2.00 bits per heavy atom. The lowest BCUT2D eigenvalue weighted by Crippen LogP contribution is -2.37. The van der Waals surface area contributed by atoms with Crippen LogP contribution in [0.3, 0.4) is 0 Å². The molecule has 2 aliphatic heterocycles. The predicted molar refractivity (Wildman–Crippen MR) is 78.0 cm³/mol. The Hall–Kier alpha value is 0.120. The number of piperidine rings is 1. The largest absolute Gasteiger partial charge is 0.316 e. The zero-order chi connectivity index (χ0) is 12.8. The second-order valence-corrected chi connectivity index (χ2v) is 7.99. The lowest BCUT2D eigenvalue weighted by Gasteiger charge is -2.22. The molecule has 0 aromatic heterocycles. The Balaban J connectivity index is 0.00000133. The van der Waals surface area contributed by atoms with E-state index in [-0.39, 0.29) is 24.2 Å². The van der Waals surface area contributed by atoms with E-state index in [2.05, 4.69) is 14.9 Å². The van der Waals surface area contributed by atoms with Crippen molar-refractivity contribution in [3.05, 3.63) is 0 Å². The van der Waals surface area contributed by atoms with E-state index < -0.39 is 10.0 Å². The zero-order valence-corrected chi connectivity index (χ0v) is 13.0. The van der Waals surface area contributed by atoms with Gasteiger partial charge in [-0.25, -0.2) is 13.1 Å². The van der Waals surface area contributed by atoms with Crippen LogP contribution in [0.5, 0.6) is 0 Å². The van der Waals surface area contributed by atoms with Crippen LogP contribution in [0.25, 0.3) is 0 Å². The minimum atomic E-state index is -3.02. The van der Waals surface area contributed by atoms with Gasteiger partial charge in [0.25, 0.3) is 0 Å². The Bertz CT molecular complexity index is 399. The van der Waals surface area contributed by atoms with Crippen molar-refractivity contribution in [2.24, 2.45) is 17.8 Å². The van der Waals surface area contributed by atoms with E-state index in [0.717, 1.165) is 32.1 Å². The molecule has 1 aliphatic carbocycles. The molecule has 3 aliphatic rings. The summed E-state index contributed by atoms with van der Waals surface area (Å²) in [5, 5.41) is 3.40. The summed E-state index contributed by atoms with van der Waals surface area (Å²) in [7, 11) is -3.02. The van der Waals surface area contributed by atoms with Crippen LogP contribution in [-0.4, -0.2) is 57.8 Å². The third-order valence-electron chi connectivity index (χ3n) is 4.64. The number of fused-ring (bicyclic) bond motifs is 1. The van der Waals surface area contributed by atoms with E-state index in [1.54, 1.807) is 6.92 Å². The normalized spacial score (nSPS) is 37.9. The van der Waals surface area contributed by atoms with Gasteiger partial charge in [0.15, 0.2) is 0 Å². The Morgan fingerprint density at radius 1 is 1.32 bits per heavy atom. The van der Waals surface area contributed by atoms with Crippen molar-refractivity contribution in [1.29, 1.82) is 0 Å². The summed E-state index contributed by atoms with van der Waals surface area (Å²) in [6.45, 7) is 7.35. The molecule has 3 rings (SSSR count). The molecule has 2 N–H and O–H groups in total. The summed E-state index contributed by atoms with van der Waals surface area (Å²) in [4.78, 5) is 2.52. The average molecular weight is 310 g/mol. The maximum Gasteiger partial charge on any atom is 0.211 e. The highest BCUT2D eigenvalue weighted by Gasteiger charge is 2.56. The molecule has 1 saturated carbocycles. The van der Waals surface area contributed by atoms with Crippen LogP contribution in [0.4, 0.5) is 0 Å². The summed E-state index contributed by atoms with van der Waals surface area (Å²) in [5.41, 5.74) is 0. The smallest absolute Gasteiger partial charge is 0.211 e. The first-order valence-electron chi connectivity index (χ1n) is 7.02. The van der Waals surface area contributed by atoms with Gasteiger partial charge in [0.05, 0.1) is 5.75 Å². The van der Waals surface area contributed by atoms with Crippen molar-refractivity contribution in [2.45, 2.75) is 19.4 Å². The van der Waals surface area contributed by atoms with Gasteiger partial charge in [-0.1, -0.05) is 0 Å². The lowest BCUT2D eigenvalue weighted by atomic mass is 10.1. The van der Waals surface area contributed by atoms with E-state index in [0.29, 0.717) is 11.8 Å². The molecule has 2 heterocycles. The van der Waals surface area contributed by atoms with Gasteiger partial charge in [0.1, 0.15) is 0 Å².